The van der Waals surface area contributed by atoms with Gasteiger partial charge in [0.15, 0.2) is 0 Å². The molecule has 2 aliphatic heterocycles. The largest absolute Gasteiger partial charge is 0.377 e. The van der Waals surface area contributed by atoms with E-state index in [1.54, 1.807) is 0 Å². The van der Waals surface area contributed by atoms with E-state index in [0.717, 1.165) is 10.9 Å². The van der Waals surface area contributed by atoms with Crippen molar-refractivity contribution in [2.75, 3.05) is 10.6 Å². The lowest BCUT2D eigenvalue weighted by Crippen LogP contribution is -2.30. The van der Waals surface area contributed by atoms with E-state index in [2.05, 4.69) is 87.6 Å². The first-order valence-electron chi connectivity index (χ1n) is 9.03. The van der Waals surface area contributed by atoms with Crippen LogP contribution in [0, 0.1) is 0 Å². The van der Waals surface area contributed by atoms with Gasteiger partial charge in [-0.1, -0.05) is 48.5 Å². The molecule has 0 saturated carbocycles. The first-order valence-corrected chi connectivity index (χ1v) is 9.03. The van der Waals surface area contributed by atoms with Crippen LogP contribution >= 0.6 is 0 Å². The van der Waals surface area contributed by atoms with Crippen molar-refractivity contribution >= 4 is 22.3 Å². The van der Waals surface area contributed by atoms with Crippen molar-refractivity contribution in [3.8, 4) is 0 Å². The fourth-order valence-electron chi connectivity index (χ4n) is 4.67. The van der Waals surface area contributed by atoms with Crippen LogP contribution < -0.4 is 10.6 Å². The second-order valence-electron chi connectivity index (χ2n) is 7.13. The Balaban J connectivity index is 1.61. The van der Waals surface area contributed by atoms with E-state index in [1.165, 1.54) is 28.1 Å². The first kappa shape index (κ1) is 14.0. The lowest BCUT2D eigenvalue weighted by atomic mass is 9.77. The number of nitrogens with zero attached hydrogens (tertiary/aromatic N) is 1. The maximum absolute atomic E-state index is 4.27. The molecule has 0 fully saturated rings. The molecule has 0 amide bonds. The van der Waals surface area contributed by atoms with E-state index in [1.807, 2.05) is 6.20 Å². The summed E-state index contributed by atoms with van der Waals surface area (Å²) in [4.78, 5) is 0. The number of hydrogen-bond acceptors (Lipinski definition) is 3. The maximum Gasteiger partial charge on any atom is 0.0723 e. The predicted octanol–water partition coefficient (Wildman–Crippen LogP) is 4.98. The van der Waals surface area contributed by atoms with Gasteiger partial charge >= 0.3 is 0 Å². The van der Waals surface area contributed by atoms with E-state index < -0.39 is 0 Å². The zero-order valence-electron chi connectivity index (χ0n) is 14.1. The van der Waals surface area contributed by atoms with Crippen molar-refractivity contribution in [2.24, 2.45) is 0 Å². The Morgan fingerprint density at radius 3 is 2.46 bits per heavy atom. The number of aromatic nitrogens is 2. The van der Waals surface area contributed by atoms with Crippen molar-refractivity contribution in [1.82, 2.24) is 10.2 Å². The monoisotopic (exact) mass is 338 g/mol. The number of anilines is 2. The third-order valence-electron chi connectivity index (χ3n) is 5.79. The third kappa shape index (κ3) is 1.81. The van der Waals surface area contributed by atoms with Crippen LogP contribution in [-0.4, -0.2) is 10.2 Å². The van der Waals surface area contributed by atoms with Crippen LogP contribution in [0.25, 0.3) is 10.9 Å². The van der Waals surface area contributed by atoms with Gasteiger partial charge in [-0.15, -0.1) is 0 Å². The van der Waals surface area contributed by atoms with Gasteiger partial charge < -0.3 is 10.6 Å². The number of H-pyrrole nitrogens is 1. The minimum absolute atomic E-state index is 0.220. The summed E-state index contributed by atoms with van der Waals surface area (Å²) in [5.41, 5.74) is 7.51. The van der Waals surface area contributed by atoms with Crippen LogP contribution in [-0.2, 0) is 0 Å². The van der Waals surface area contributed by atoms with Gasteiger partial charge in [0, 0.05) is 28.2 Å². The first-order chi connectivity index (χ1) is 12.9. The number of fused-ring (bicyclic) bond motifs is 7. The average molecular weight is 338 g/mol. The lowest BCUT2D eigenvalue weighted by Gasteiger charge is -2.37. The number of para-hydroxylation sites is 1. The Kier molecular flexibility index (Phi) is 2.75. The molecule has 0 unspecified atom stereocenters. The Hall–Kier alpha value is -3.27. The van der Waals surface area contributed by atoms with Crippen molar-refractivity contribution in [1.29, 1.82) is 0 Å². The standard InChI is InChI=1S/C22H18N4/c1-2-6-13(7-3-1)20-18-15-8-4-5-9-16(15)24-22(18)19-17(25-20)11-10-14-12-23-26-21(14)19/h1-12,18,20,22,24-25H,(H,23,26)/t18-,20-,22-/m0/s1. The molecule has 2 aliphatic rings. The topological polar surface area (TPSA) is 52.7 Å². The normalized spacial score (nSPS) is 22.8. The molecule has 3 atom stereocenters. The summed E-state index contributed by atoms with van der Waals surface area (Å²) in [6, 6.07) is 24.2. The van der Waals surface area contributed by atoms with Crippen LogP contribution in [0.3, 0.4) is 0 Å². The fourth-order valence-corrected chi connectivity index (χ4v) is 4.67. The van der Waals surface area contributed by atoms with E-state index in [4.69, 9.17) is 0 Å². The Morgan fingerprint density at radius 1 is 0.731 bits per heavy atom. The van der Waals surface area contributed by atoms with Crippen molar-refractivity contribution in [2.45, 2.75) is 18.0 Å². The Morgan fingerprint density at radius 2 is 1.54 bits per heavy atom. The molecule has 126 valence electrons. The summed E-state index contributed by atoms with van der Waals surface area (Å²) < 4.78 is 0. The summed E-state index contributed by atoms with van der Waals surface area (Å²) in [5, 5.41) is 16.2. The van der Waals surface area contributed by atoms with E-state index in [-0.39, 0.29) is 12.1 Å². The van der Waals surface area contributed by atoms with E-state index in [0.29, 0.717) is 5.92 Å². The molecule has 6 rings (SSSR count). The van der Waals surface area contributed by atoms with Gasteiger partial charge in [0.25, 0.3) is 0 Å². The molecule has 4 nitrogen and oxygen atoms in total. The minimum Gasteiger partial charge on any atom is -0.377 e. The van der Waals surface area contributed by atoms with Crippen LogP contribution in [0.15, 0.2) is 72.9 Å². The summed E-state index contributed by atoms with van der Waals surface area (Å²) >= 11 is 0. The van der Waals surface area contributed by atoms with Crippen molar-refractivity contribution < 1.29 is 0 Å². The fraction of sp³-hybridized carbons (Fsp3) is 0.136. The number of rotatable bonds is 1. The number of benzene rings is 3. The molecule has 1 aromatic heterocycles. The molecular weight excluding hydrogens is 320 g/mol. The quantitative estimate of drug-likeness (QED) is 0.459. The summed E-state index contributed by atoms with van der Waals surface area (Å²) in [6.45, 7) is 0. The number of hydrogen-bond donors (Lipinski definition) is 3. The highest BCUT2D eigenvalue weighted by Crippen LogP contribution is 2.56. The van der Waals surface area contributed by atoms with Crippen LogP contribution in [0.2, 0.25) is 0 Å². The van der Waals surface area contributed by atoms with Gasteiger partial charge in [-0.2, -0.15) is 5.10 Å². The van der Waals surface area contributed by atoms with Crippen LogP contribution in [0.5, 0.6) is 0 Å². The SMILES string of the molecule is c1ccc([C@@H]2Nc3ccc4cn[nH]c4c3[C@H]3Nc4ccccc4[C@H]32)cc1. The molecule has 0 bridgehead atoms. The van der Waals surface area contributed by atoms with Gasteiger partial charge in [0.1, 0.15) is 0 Å². The van der Waals surface area contributed by atoms with Crippen LogP contribution in [0.1, 0.15) is 34.7 Å². The second-order valence-corrected chi connectivity index (χ2v) is 7.13. The predicted molar refractivity (Wildman–Crippen MR) is 104 cm³/mol. The molecular formula is C22H18N4. The highest BCUT2D eigenvalue weighted by atomic mass is 15.1. The molecule has 3 N–H and O–H groups in total. The zero-order chi connectivity index (χ0) is 17.1. The Labute approximate surface area is 151 Å². The maximum atomic E-state index is 4.27. The molecule has 26 heavy (non-hydrogen) atoms. The molecule has 0 spiro atoms. The van der Waals surface area contributed by atoms with Gasteiger partial charge in [-0.3, -0.25) is 5.10 Å². The summed E-state index contributed by atoms with van der Waals surface area (Å²) in [7, 11) is 0. The third-order valence-corrected chi connectivity index (χ3v) is 5.79. The van der Waals surface area contributed by atoms with Gasteiger partial charge in [-0.25, -0.2) is 0 Å². The van der Waals surface area contributed by atoms with Crippen LogP contribution in [0.4, 0.5) is 11.4 Å². The molecule has 3 heterocycles. The molecule has 0 aliphatic carbocycles. The molecule has 4 heteroatoms. The zero-order valence-corrected chi connectivity index (χ0v) is 14.1. The number of aromatic amines is 1. The van der Waals surface area contributed by atoms with Crippen molar-refractivity contribution in [3.05, 3.63) is 89.6 Å². The highest BCUT2D eigenvalue weighted by molar-refractivity contribution is 5.89. The summed E-state index contributed by atoms with van der Waals surface area (Å²) in [6.07, 6.45) is 1.90. The van der Waals surface area contributed by atoms with Crippen molar-refractivity contribution in [3.63, 3.8) is 0 Å². The van der Waals surface area contributed by atoms with Gasteiger partial charge in [0.05, 0.1) is 23.8 Å². The number of nitrogens with one attached hydrogen (secondary N) is 3. The molecule has 0 radical (unpaired) electrons. The smallest absolute Gasteiger partial charge is 0.0723 e. The molecule has 0 saturated heterocycles. The van der Waals surface area contributed by atoms with E-state index >= 15 is 0 Å². The minimum atomic E-state index is 0.220. The Bertz CT molecular complexity index is 1120. The second kappa shape index (κ2) is 5.11. The van der Waals surface area contributed by atoms with Gasteiger partial charge in [-0.05, 0) is 29.3 Å². The lowest BCUT2D eigenvalue weighted by molar-refractivity contribution is 0.522. The van der Waals surface area contributed by atoms with Gasteiger partial charge in [0.2, 0.25) is 0 Å². The molecule has 4 aromatic rings. The highest BCUT2D eigenvalue weighted by Gasteiger charge is 2.44. The molecule has 3 aromatic carbocycles. The van der Waals surface area contributed by atoms with E-state index in [9.17, 15) is 0 Å². The summed E-state index contributed by atoms with van der Waals surface area (Å²) in [5.74, 6) is 0.329. The average Bonchev–Trinajstić information content (AvgIpc) is 3.32.